The summed E-state index contributed by atoms with van der Waals surface area (Å²) in [6, 6.07) is 0.437. The van der Waals surface area contributed by atoms with Crippen molar-refractivity contribution < 1.29 is 4.79 Å². The fraction of sp³-hybridized carbons (Fsp3) is 0.731. The average Bonchev–Trinajstić information content (AvgIpc) is 2.78. The maximum atomic E-state index is 12.2. The van der Waals surface area contributed by atoms with Gasteiger partial charge in [0, 0.05) is 23.9 Å². The summed E-state index contributed by atoms with van der Waals surface area (Å²) in [5, 5.41) is 4.05. The van der Waals surface area contributed by atoms with Gasteiger partial charge in [-0.3, -0.25) is 0 Å². The number of hydrogen-bond acceptors (Lipinski definition) is 3. The molecular weight excluding hydrogens is 356 g/mol. The third-order valence-electron chi connectivity index (χ3n) is 7.94. The van der Waals surface area contributed by atoms with E-state index in [1.54, 1.807) is 0 Å². The minimum Gasteiger partial charge on any atom is -0.310 e. The third kappa shape index (κ3) is 4.77. The maximum absolute atomic E-state index is 12.2. The second-order valence-electron chi connectivity index (χ2n) is 9.76. The molecule has 0 radical (unpaired) electrons. The molecule has 0 aromatic heterocycles. The Kier molecular flexibility index (Phi) is 7.42. The summed E-state index contributed by atoms with van der Waals surface area (Å²) >= 11 is 0. The molecule has 1 unspecified atom stereocenters. The molecule has 3 heteroatoms. The topological polar surface area (TPSA) is 32.3 Å². The molecule has 0 aromatic rings. The standard InChI is InChI=1S/C26H40N2O/c29-20-23-19-22-13-9-5-1-4-8-12-17-28-18-14-24(23)26(21-28)15-10-6-2-3-7-11-16-27-25(22)26/h1-2,5-6,19-20,23-25,27H,3-4,7-18,21H2/b5-1-,6-2-/t23-,24-,25-,26-/m0/s1. The largest absolute Gasteiger partial charge is 0.310 e. The number of nitrogens with one attached hydrogen (secondary N) is 1. The molecule has 3 aliphatic heterocycles. The van der Waals surface area contributed by atoms with Crippen molar-refractivity contribution in [3.63, 3.8) is 0 Å². The number of rotatable bonds is 1. The van der Waals surface area contributed by atoms with Crippen LogP contribution in [0, 0.1) is 17.3 Å². The molecule has 4 aliphatic rings. The first-order chi connectivity index (χ1) is 14.3. The van der Waals surface area contributed by atoms with Crippen molar-refractivity contribution in [1.29, 1.82) is 0 Å². The lowest BCUT2D eigenvalue weighted by Gasteiger charge is -2.57. The number of piperidine rings is 1. The highest BCUT2D eigenvalue weighted by Gasteiger charge is 2.53. The van der Waals surface area contributed by atoms with Gasteiger partial charge in [-0.15, -0.1) is 0 Å². The predicted octanol–water partition coefficient (Wildman–Crippen LogP) is 5.05. The van der Waals surface area contributed by atoms with Crippen LogP contribution in [-0.4, -0.2) is 43.4 Å². The van der Waals surface area contributed by atoms with Gasteiger partial charge in [-0.1, -0.05) is 36.0 Å². The van der Waals surface area contributed by atoms with E-state index in [0.717, 1.165) is 32.4 Å². The lowest BCUT2D eigenvalue weighted by atomic mass is 9.55. The van der Waals surface area contributed by atoms with E-state index in [4.69, 9.17) is 0 Å². The summed E-state index contributed by atoms with van der Waals surface area (Å²) in [6.07, 6.45) is 26.5. The van der Waals surface area contributed by atoms with E-state index < -0.39 is 0 Å². The van der Waals surface area contributed by atoms with Crippen LogP contribution in [0.15, 0.2) is 36.0 Å². The molecule has 0 saturated carbocycles. The normalized spacial score (nSPS) is 41.3. The molecule has 1 fully saturated rings. The minimum absolute atomic E-state index is 0.105. The molecule has 5 atom stereocenters. The number of nitrogens with zero attached hydrogens (tertiary/aromatic N) is 1. The van der Waals surface area contributed by atoms with E-state index in [2.05, 4.69) is 40.6 Å². The highest BCUT2D eigenvalue weighted by atomic mass is 16.1. The van der Waals surface area contributed by atoms with Crippen LogP contribution in [0.2, 0.25) is 0 Å². The Morgan fingerprint density at radius 3 is 2.62 bits per heavy atom. The fourth-order valence-electron chi connectivity index (χ4n) is 6.53. The Labute approximate surface area is 177 Å². The van der Waals surface area contributed by atoms with Crippen molar-refractivity contribution in [3.05, 3.63) is 36.0 Å². The van der Waals surface area contributed by atoms with E-state index in [1.165, 1.54) is 76.3 Å². The Balaban J connectivity index is 1.73. The van der Waals surface area contributed by atoms with Crippen molar-refractivity contribution >= 4 is 6.29 Å². The number of carbonyl (C=O) groups is 1. The van der Waals surface area contributed by atoms with Crippen LogP contribution in [0.3, 0.4) is 0 Å². The van der Waals surface area contributed by atoms with Gasteiger partial charge < -0.3 is 15.0 Å². The van der Waals surface area contributed by atoms with E-state index in [-0.39, 0.29) is 11.3 Å². The fourth-order valence-corrected chi connectivity index (χ4v) is 6.53. The number of allylic oxidation sites excluding steroid dienone is 5. The summed E-state index contributed by atoms with van der Waals surface area (Å²) in [5.41, 5.74) is 1.72. The van der Waals surface area contributed by atoms with Crippen LogP contribution in [0.4, 0.5) is 0 Å². The monoisotopic (exact) mass is 396 g/mol. The molecule has 160 valence electrons. The van der Waals surface area contributed by atoms with Gasteiger partial charge >= 0.3 is 0 Å². The Morgan fingerprint density at radius 2 is 1.76 bits per heavy atom. The summed E-state index contributed by atoms with van der Waals surface area (Å²) in [7, 11) is 0. The number of hydrogen-bond donors (Lipinski definition) is 1. The average molecular weight is 397 g/mol. The number of fused-ring (bicyclic) bond motifs is 1. The summed E-state index contributed by atoms with van der Waals surface area (Å²) < 4.78 is 0. The van der Waals surface area contributed by atoms with Gasteiger partial charge in [-0.2, -0.15) is 0 Å². The predicted molar refractivity (Wildman–Crippen MR) is 121 cm³/mol. The Morgan fingerprint density at radius 1 is 0.966 bits per heavy atom. The molecule has 3 heterocycles. The zero-order chi connectivity index (χ0) is 19.9. The van der Waals surface area contributed by atoms with Crippen molar-refractivity contribution in [2.24, 2.45) is 17.3 Å². The number of carbonyl (C=O) groups excluding carboxylic acids is 1. The minimum atomic E-state index is 0.105. The van der Waals surface area contributed by atoms with Crippen molar-refractivity contribution in [2.75, 3.05) is 26.2 Å². The van der Waals surface area contributed by atoms with E-state index in [1.807, 2.05) is 0 Å². The highest BCUT2D eigenvalue weighted by molar-refractivity contribution is 5.59. The lowest BCUT2D eigenvalue weighted by molar-refractivity contribution is -0.116. The molecule has 1 spiro atoms. The summed E-state index contributed by atoms with van der Waals surface area (Å²) in [4.78, 5) is 14.9. The third-order valence-corrected chi connectivity index (χ3v) is 7.94. The molecule has 3 bridgehead atoms. The van der Waals surface area contributed by atoms with Crippen LogP contribution >= 0.6 is 0 Å². The van der Waals surface area contributed by atoms with Gasteiger partial charge in [0.15, 0.2) is 0 Å². The van der Waals surface area contributed by atoms with Crippen LogP contribution in [0.5, 0.6) is 0 Å². The molecule has 1 saturated heterocycles. The molecule has 0 aromatic carbocycles. The lowest BCUT2D eigenvalue weighted by Crippen LogP contribution is -2.62. The zero-order valence-corrected chi connectivity index (χ0v) is 18.2. The second-order valence-corrected chi connectivity index (χ2v) is 9.76. The molecule has 3 nitrogen and oxygen atoms in total. The molecule has 1 aliphatic carbocycles. The van der Waals surface area contributed by atoms with Gasteiger partial charge in [0.1, 0.15) is 6.29 Å². The van der Waals surface area contributed by atoms with Gasteiger partial charge in [0.2, 0.25) is 0 Å². The van der Waals surface area contributed by atoms with Crippen LogP contribution < -0.4 is 5.32 Å². The van der Waals surface area contributed by atoms with Crippen LogP contribution in [0.1, 0.15) is 70.6 Å². The molecule has 4 rings (SSSR count). The molecule has 0 amide bonds. The van der Waals surface area contributed by atoms with E-state index in [9.17, 15) is 4.79 Å². The first-order valence-corrected chi connectivity index (χ1v) is 12.2. The van der Waals surface area contributed by atoms with Crippen LogP contribution in [0.25, 0.3) is 0 Å². The first kappa shape index (κ1) is 21.1. The molecule has 29 heavy (non-hydrogen) atoms. The zero-order valence-electron chi connectivity index (χ0n) is 18.2. The Bertz CT molecular complexity index is 637. The first-order valence-electron chi connectivity index (χ1n) is 12.2. The summed E-state index contributed by atoms with van der Waals surface area (Å²) in [6.45, 7) is 4.65. The molecular formula is C26H40N2O. The van der Waals surface area contributed by atoms with E-state index >= 15 is 0 Å². The SMILES string of the molecule is O=C[C@@H]1C=C2CC/C=C\CCCCN3CC[C@@H]1[C@]1(CC/C=C\CCCCN[C@@H]21)C3. The van der Waals surface area contributed by atoms with Crippen LogP contribution in [-0.2, 0) is 4.79 Å². The van der Waals surface area contributed by atoms with E-state index in [0.29, 0.717) is 12.0 Å². The second kappa shape index (κ2) is 10.2. The highest BCUT2D eigenvalue weighted by Crippen LogP contribution is 2.52. The smallest absolute Gasteiger partial charge is 0.127 e. The quantitative estimate of drug-likeness (QED) is 0.497. The number of aldehydes is 1. The summed E-state index contributed by atoms with van der Waals surface area (Å²) in [5.74, 6) is 0.598. The maximum Gasteiger partial charge on any atom is 0.127 e. The van der Waals surface area contributed by atoms with Gasteiger partial charge in [-0.25, -0.2) is 0 Å². The van der Waals surface area contributed by atoms with Gasteiger partial charge in [-0.05, 0) is 96.2 Å². The van der Waals surface area contributed by atoms with Gasteiger partial charge in [0.25, 0.3) is 0 Å². The van der Waals surface area contributed by atoms with Crippen molar-refractivity contribution in [3.8, 4) is 0 Å². The van der Waals surface area contributed by atoms with Gasteiger partial charge in [0.05, 0.1) is 0 Å². The Hall–Kier alpha value is -1.19. The van der Waals surface area contributed by atoms with Crippen molar-refractivity contribution in [2.45, 2.75) is 76.7 Å². The molecule has 1 N–H and O–H groups in total. The van der Waals surface area contributed by atoms with Crippen molar-refractivity contribution in [1.82, 2.24) is 10.2 Å².